The van der Waals surface area contributed by atoms with E-state index in [0.717, 1.165) is 11.1 Å². The van der Waals surface area contributed by atoms with Gasteiger partial charge >= 0.3 is 0 Å². The van der Waals surface area contributed by atoms with E-state index in [0.29, 0.717) is 17.2 Å². The summed E-state index contributed by atoms with van der Waals surface area (Å²) in [6.45, 7) is 1.39. The van der Waals surface area contributed by atoms with Gasteiger partial charge in [-0.3, -0.25) is 0 Å². The molecule has 0 fully saturated rings. The summed E-state index contributed by atoms with van der Waals surface area (Å²) in [6, 6.07) is 12.9. The lowest BCUT2D eigenvalue weighted by Gasteiger charge is -2.32. The molecule has 2 aromatic rings. The summed E-state index contributed by atoms with van der Waals surface area (Å²) < 4.78 is 34.1. The lowest BCUT2D eigenvalue weighted by Crippen LogP contribution is -2.43. The van der Waals surface area contributed by atoms with Gasteiger partial charge in [0.15, 0.2) is 0 Å². The van der Waals surface area contributed by atoms with Gasteiger partial charge in [0.2, 0.25) is 0 Å². The number of methoxy groups -OCH3 is 2. The number of hydrogen-bond acceptors (Lipinski definition) is 12. The van der Waals surface area contributed by atoms with Crippen LogP contribution in [0.1, 0.15) is 25.0 Å². The number of benzene rings is 2. The van der Waals surface area contributed by atoms with E-state index < -0.39 is 35.6 Å². The Kier molecular flexibility index (Phi) is 16.9. The van der Waals surface area contributed by atoms with Gasteiger partial charge in [0.1, 0.15) is 30.0 Å². The number of aliphatic hydroxyl groups is 6. The van der Waals surface area contributed by atoms with Gasteiger partial charge in [0.25, 0.3) is 0 Å². The van der Waals surface area contributed by atoms with Gasteiger partial charge in [-0.05, 0) is 35.4 Å². The van der Waals surface area contributed by atoms with E-state index in [9.17, 15) is 30.6 Å². The van der Waals surface area contributed by atoms with Crippen molar-refractivity contribution in [3.63, 3.8) is 0 Å². The van der Waals surface area contributed by atoms with Crippen LogP contribution in [-0.2, 0) is 14.2 Å². The molecule has 12 heteroatoms. The fourth-order valence-corrected chi connectivity index (χ4v) is 3.90. The molecule has 0 amide bonds. The van der Waals surface area contributed by atoms with Gasteiger partial charge in [-0.2, -0.15) is 0 Å². The first-order chi connectivity index (χ1) is 22.0. The molecule has 0 unspecified atom stereocenters. The summed E-state index contributed by atoms with van der Waals surface area (Å²) >= 11 is 0. The first-order valence-electron chi connectivity index (χ1n) is 15.1. The molecule has 0 atom stereocenters. The van der Waals surface area contributed by atoms with E-state index in [1.165, 1.54) is 0 Å². The van der Waals surface area contributed by atoms with E-state index in [2.05, 4.69) is 0 Å². The van der Waals surface area contributed by atoms with Crippen molar-refractivity contribution in [1.82, 2.24) is 0 Å². The molecule has 0 bridgehead atoms. The van der Waals surface area contributed by atoms with Gasteiger partial charge < -0.3 is 59.1 Å². The molecule has 0 radical (unpaired) electrons. The van der Waals surface area contributed by atoms with Crippen LogP contribution in [0.3, 0.4) is 0 Å². The van der Waals surface area contributed by atoms with Crippen LogP contribution >= 0.6 is 0 Å². The molecule has 0 aromatic heterocycles. The highest BCUT2D eigenvalue weighted by Crippen LogP contribution is 2.25. The predicted molar refractivity (Wildman–Crippen MR) is 173 cm³/mol. The highest BCUT2D eigenvalue weighted by molar-refractivity contribution is 5.71. The molecule has 0 saturated carbocycles. The van der Waals surface area contributed by atoms with Crippen molar-refractivity contribution >= 4 is 12.2 Å². The minimum absolute atomic E-state index is 0.0237. The molecule has 260 valence electrons. The summed E-state index contributed by atoms with van der Waals surface area (Å²) in [5.41, 5.74) is -1.02. The van der Waals surface area contributed by atoms with E-state index in [4.69, 9.17) is 28.4 Å². The van der Waals surface area contributed by atoms with E-state index >= 15 is 0 Å². The van der Waals surface area contributed by atoms with Crippen LogP contribution in [0, 0.1) is 16.2 Å². The molecule has 0 heterocycles. The smallest absolute Gasteiger partial charge is 0.123 e. The Morgan fingerprint density at radius 1 is 0.587 bits per heavy atom. The van der Waals surface area contributed by atoms with Crippen molar-refractivity contribution in [2.24, 2.45) is 16.2 Å². The average molecular weight is 653 g/mol. The lowest BCUT2D eigenvalue weighted by atomic mass is 9.92. The van der Waals surface area contributed by atoms with Gasteiger partial charge in [-0.25, -0.2) is 0 Å². The SMILES string of the molecule is COc1cc(/C=C/c2ccc(OCC(CO)(CO)COC(COCC(C)(CO)CO)COCC(C)(CO)CO)cc2)cc(OC)c1. The third-order valence-electron chi connectivity index (χ3n) is 7.60. The Hall–Kier alpha value is -2.78. The summed E-state index contributed by atoms with van der Waals surface area (Å²) in [5, 5.41) is 58.7. The zero-order valence-electron chi connectivity index (χ0n) is 27.4. The Morgan fingerprint density at radius 3 is 1.50 bits per heavy atom. The van der Waals surface area contributed by atoms with Crippen molar-refractivity contribution in [2.45, 2.75) is 20.0 Å². The second kappa shape index (κ2) is 19.8. The van der Waals surface area contributed by atoms with E-state index in [1.807, 2.05) is 36.4 Å². The highest BCUT2D eigenvalue weighted by atomic mass is 16.6. The fraction of sp³-hybridized carbons (Fsp3) is 0.588. The van der Waals surface area contributed by atoms with Crippen LogP contribution in [-0.4, -0.2) is 130 Å². The first-order valence-corrected chi connectivity index (χ1v) is 15.1. The van der Waals surface area contributed by atoms with Crippen LogP contribution in [0.5, 0.6) is 17.2 Å². The van der Waals surface area contributed by atoms with Crippen LogP contribution in [0.2, 0.25) is 0 Å². The second-order valence-electron chi connectivity index (χ2n) is 12.4. The molecule has 0 saturated heterocycles. The minimum Gasteiger partial charge on any atom is -0.497 e. The van der Waals surface area contributed by atoms with Crippen molar-refractivity contribution in [3.05, 3.63) is 53.6 Å². The maximum atomic E-state index is 10.2. The van der Waals surface area contributed by atoms with E-state index in [1.54, 1.807) is 46.3 Å². The van der Waals surface area contributed by atoms with Gasteiger partial charge in [-0.15, -0.1) is 0 Å². The first kappa shape index (κ1) is 39.4. The number of ether oxygens (including phenoxy) is 6. The third-order valence-corrected chi connectivity index (χ3v) is 7.60. The van der Waals surface area contributed by atoms with Crippen molar-refractivity contribution < 1.29 is 59.1 Å². The monoisotopic (exact) mass is 652 g/mol. The summed E-state index contributed by atoms with van der Waals surface area (Å²) in [5.74, 6) is 1.91. The summed E-state index contributed by atoms with van der Waals surface area (Å²) in [7, 11) is 3.20. The lowest BCUT2D eigenvalue weighted by molar-refractivity contribution is -0.129. The molecule has 0 spiro atoms. The fourth-order valence-electron chi connectivity index (χ4n) is 3.90. The quantitative estimate of drug-likeness (QED) is 0.0906. The molecule has 46 heavy (non-hydrogen) atoms. The van der Waals surface area contributed by atoms with Gasteiger partial charge in [-0.1, -0.05) is 38.1 Å². The highest BCUT2D eigenvalue weighted by Gasteiger charge is 2.33. The molecular formula is C34H52O12. The van der Waals surface area contributed by atoms with E-state index in [-0.39, 0.29) is 66.1 Å². The largest absolute Gasteiger partial charge is 0.497 e. The molecule has 0 aliphatic rings. The molecule has 12 nitrogen and oxygen atoms in total. The van der Waals surface area contributed by atoms with Crippen molar-refractivity contribution in [1.29, 1.82) is 0 Å². The summed E-state index contributed by atoms with van der Waals surface area (Å²) in [6.07, 6.45) is 3.21. The molecule has 0 aliphatic carbocycles. The summed E-state index contributed by atoms with van der Waals surface area (Å²) in [4.78, 5) is 0. The van der Waals surface area contributed by atoms with Crippen molar-refractivity contribution in [2.75, 3.05) is 93.5 Å². The normalized spacial score (nSPS) is 12.7. The molecular weight excluding hydrogens is 600 g/mol. The maximum absolute atomic E-state index is 10.2. The Balaban J connectivity index is 2.03. The van der Waals surface area contributed by atoms with Crippen molar-refractivity contribution in [3.8, 4) is 17.2 Å². The number of hydrogen-bond donors (Lipinski definition) is 6. The number of aliphatic hydroxyl groups excluding tert-OH is 6. The van der Waals surface area contributed by atoms with Gasteiger partial charge in [0, 0.05) is 16.9 Å². The molecule has 2 rings (SSSR count). The van der Waals surface area contributed by atoms with Crippen LogP contribution in [0.4, 0.5) is 0 Å². The minimum atomic E-state index is -1.16. The Morgan fingerprint density at radius 2 is 1.07 bits per heavy atom. The molecule has 0 aliphatic heterocycles. The molecule has 2 aromatic carbocycles. The average Bonchev–Trinajstić information content (AvgIpc) is 3.10. The van der Waals surface area contributed by atoms with Crippen LogP contribution in [0.15, 0.2) is 42.5 Å². The standard InChI is InChI=1S/C34H52O12/c1-32(16-35,17-36)22-43-14-31(15-44-23-33(2,18-37)19-38)46-25-34(20-39,21-40)24-45-28-9-7-26(8-10-28)5-6-27-11-29(41-3)13-30(12-27)42-4/h5-13,31,35-40H,14-25H2,1-4H3/b6-5+. The predicted octanol–water partition coefficient (Wildman–Crippen LogP) is 1.62. The Bertz CT molecular complexity index is 1100. The van der Waals surface area contributed by atoms with Crippen LogP contribution in [0.25, 0.3) is 12.2 Å². The molecule has 6 N–H and O–H groups in total. The zero-order chi connectivity index (χ0) is 34.1. The second-order valence-corrected chi connectivity index (χ2v) is 12.4. The maximum Gasteiger partial charge on any atom is 0.123 e. The van der Waals surface area contributed by atoms with Crippen LogP contribution < -0.4 is 14.2 Å². The topological polar surface area (TPSA) is 177 Å². The third kappa shape index (κ3) is 12.8. The zero-order valence-corrected chi connectivity index (χ0v) is 27.4. The Labute approximate surface area is 271 Å². The van der Waals surface area contributed by atoms with Gasteiger partial charge in [0.05, 0.1) is 92.3 Å². The number of rotatable bonds is 24.